The van der Waals surface area contributed by atoms with Crippen LogP contribution in [0.5, 0.6) is 0 Å². The van der Waals surface area contributed by atoms with Gasteiger partial charge >= 0.3 is 0 Å². The molecule has 0 radical (unpaired) electrons. The van der Waals surface area contributed by atoms with E-state index in [-0.39, 0.29) is 15.6 Å². The first-order valence-corrected chi connectivity index (χ1v) is 11.1. The van der Waals surface area contributed by atoms with Crippen LogP contribution >= 0.6 is 11.3 Å². The Bertz CT molecular complexity index is 1420. The first kappa shape index (κ1) is 19.7. The Morgan fingerprint density at radius 2 is 1.87 bits per heavy atom. The molecule has 4 rings (SSSR count). The molecule has 0 aliphatic rings. The summed E-state index contributed by atoms with van der Waals surface area (Å²) in [5.41, 5.74) is 1.06. The van der Waals surface area contributed by atoms with Gasteiger partial charge in [-0.3, -0.25) is 9.89 Å². The van der Waals surface area contributed by atoms with Gasteiger partial charge in [-0.25, -0.2) is 13.1 Å². The number of aromatic amines is 1. The maximum absolute atomic E-state index is 12.7. The van der Waals surface area contributed by atoms with Gasteiger partial charge in [-0.15, -0.1) is 0 Å². The molecule has 152 valence electrons. The Kier molecular flexibility index (Phi) is 5.25. The van der Waals surface area contributed by atoms with E-state index in [0.29, 0.717) is 21.9 Å². The summed E-state index contributed by atoms with van der Waals surface area (Å²) < 4.78 is 29.8. The lowest BCUT2D eigenvalue weighted by Crippen LogP contribution is -2.34. The molecule has 2 N–H and O–H groups in total. The molecule has 4 aromatic rings. The van der Waals surface area contributed by atoms with Crippen molar-refractivity contribution >= 4 is 45.0 Å². The number of hydrogen-bond donors (Lipinski definition) is 2. The van der Waals surface area contributed by atoms with E-state index >= 15 is 0 Å². The van der Waals surface area contributed by atoms with Crippen LogP contribution in [0.15, 0.2) is 75.9 Å². The fourth-order valence-corrected chi connectivity index (χ4v) is 4.37. The minimum absolute atomic E-state index is 0.0502. The molecule has 2 aromatic carbocycles. The molecule has 0 unspecified atom stereocenters. The SMILES string of the molecule is C=c1[nH]n(-c2ccccc2)c(=O)c1=CNc1ccc(S(=O)(=O)[N-]c2nccs2)cc1. The summed E-state index contributed by atoms with van der Waals surface area (Å²) in [5, 5.41) is 8.59. The minimum atomic E-state index is -3.84. The molecule has 2 heterocycles. The molecule has 2 aromatic heterocycles. The van der Waals surface area contributed by atoms with E-state index in [0.717, 1.165) is 11.3 Å². The highest BCUT2D eigenvalue weighted by molar-refractivity contribution is 7.94. The van der Waals surface area contributed by atoms with Gasteiger partial charge < -0.3 is 15.0 Å². The van der Waals surface area contributed by atoms with Gasteiger partial charge in [0.25, 0.3) is 5.56 Å². The van der Waals surface area contributed by atoms with E-state index in [4.69, 9.17) is 0 Å². The van der Waals surface area contributed by atoms with E-state index in [2.05, 4.69) is 26.7 Å². The molecule has 0 fully saturated rings. The van der Waals surface area contributed by atoms with Crippen molar-refractivity contribution in [3.8, 4) is 5.69 Å². The first-order valence-electron chi connectivity index (χ1n) is 8.74. The highest BCUT2D eigenvalue weighted by Crippen LogP contribution is 2.29. The van der Waals surface area contributed by atoms with Gasteiger partial charge in [0.15, 0.2) is 0 Å². The summed E-state index contributed by atoms with van der Waals surface area (Å²) >= 11 is 1.14. The molecule has 10 heteroatoms. The van der Waals surface area contributed by atoms with Crippen molar-refractivity contribution in [1.29, 1.82) is 0 Å². The Morgan fingerprint density at radius 3 is 2.53 bits per heavy atom. The summed E-state index contributed by atoms with van der Waals surface area (Å²) in [6, 6.07) is 15.2. The third-order valence-electron chi connectivity index (χ3n) is 4.17. The van der Waals surface area contributed by atoms with Gasteiger partial charge in [0, 0.05) is 17.0 Å². The van der Waals surface area contributed by atoms with Crippen LogP contribution in [0.3, 0.4) is 0 Å². The Morgan fingerprint density at radius 1 is 1.13 bits per heavy atom. The predicted octanol–water partition coefficient (Wildman–Crippen LogP) is 2.28. The number of sulfonamides is 1. The van der Waals surface area contributed by atoms with E-state index < -0.39 is 10.0 Å². The van der Waals surface area contributed by atoms with Gasteiger partial charge in [0.05, 0.1) is 21.2 Å². The van der Waals surface area contributed by atoms with E-state index in [1.54, 1.807) is 17.5 Å². The highest BCUT2D eigenvalue weighted by Gasteiger charge is 2.10. The Balaban J connectivity index is 1.56. The van der Waals surface area contributed by atoms with Gasteiger partial charge in [0.1, 0.15) is 0 Å². The monoisotopic (exact) mass is 438 g/mol. The number of hydrogen-bond acceptors (Lipinski definition) is 6. The number of H-pyrrole nitrogens is 1. The lowest BCUT2D eigenvalue weighted by molar-refractivity contribution is 0.603. The largest absolute Gasteiger partial charge is 0.433 e. The smallest absolute Gasteiger partial charge is 0.280 e. The number of thiazole rings is 1. The average Bonchev–Trinajstić information content (AvgIpc) is 3.35. The zero-order valence-corrected chi connectivity index (χ0v) is 17.2. The molecule has 0 saturated heterocycles. The molecular weight excluding hydrogens is 422 g/mol. The van der Waals surface area contributed by atoms with Crippen molar-refractivity contribution < 1.29 is 8.42 Å². The number of aromatic nitrogens is 3. The van der Waals surface area contributed by atoms with Crippen LogP contribution < -0.4 is 21.4 Å². The Labute approximate surface area is 175 Å². The zero-order chi connectivity index (χ0) is 21.1. The average molecular weight is 439 g/mol. The number of para-hydroxylation sites is 1. The minimum Gasteiger partial charge on any atom is -0.433 e. The molecule has 0 saturated carbocycles. The third kappa shape index (κ3) is 4.04. The van der Waals surface area contributed by atoms with Crippen LogP contribution in [-0.4, -0.2) is 23.2 Å². The second kappa shape index (κ2) is 8.01. The number of nitrogens with zero attached hydrogens (tertiary/aromatic N) is 3. The van der Waals surface area contributed by atoms with E-state index in [1.165, 1.54) is 29.2 Å². The van der Waals surface area contributed by atoms with Crippen molar-refractivity contribution in [2.75, 3.05) is 5.32 Å². The van der Waals surface area contributed by atoms with E-state index in [1.807, 2.05) is 30.3 Å². The summed E-state index contributed by atoms with van der Waals surface area (Å²) in [4.78, 5) is 16.6. The van der Waals surface area contributed by atoms with Crippen molar-refractivity contribution in [1.82, 2.24) is 14.8 Å². The molecule has 8 nitrogen and oxygen atoms in total. The summed E-state index contributed by atoms with van der Waals surface area (Å²) in [6.45, 7) is 3.88. The zero-order valence-electron chi connectivity index (χ0n) is 15.5. The van der Waals surface area contributed by atoms with Crippen molar-refractivity contribution in [3.05, 3.63) is 91.8 Å². The number of anilines is 1. The summed E-state index contributed by atoms with van der Waals surface area (Å²) in [6.07, 6.45) is 3.02. The highest BCUT2D eigenvalue weighted by atomic mass is 32.2. The lowest BCUT2D eigenvalue weighted by Gasteiger charge is -2.12. The normalized spacial score (nSPS) is 12.1. The van der Waals surface area contributed by atoms with Gasteiger partial charge in [-0.2, -0.15) is 11.3 Å². The fourth-order valence-electron chi connectivity index (χ4n) is 2.70. The van der Waals surface area contributed by atoms with Crippen LogP contribution in [0.25, 0.3) is 23.2 Å². The molecule has 0 atom stereocenters. The maximum atomic E-state index is 12.7. The number of benzene rings is 2. The second-order valence-corrected chi connectivity index (χ2v) is 8.65. The molecule has 30 heavy (non-hydrogen) atoms. The van der Waals surface area contributed by atoms with Crippen molar-refractivity contribution in [2.24, 2.45) is 0 Å². The second-order valence-electron chi connectivity index (χ2n) is 6.17. The summed E-state index contributed by atoms with van der Waals surface area (Å²) in [7, 11) is -3.84. The first-order chi connectivity index (χ1) is 14.4. The van der Waals surface area contributed by atoms with Crippen LogP contribution in [0.1, 0.15) is 0 Å². The molecule has 0 aliphatic carbocycles. The quantitative estimate of drug-likeness (QED) is 0.480. The van der Waals surface area contributed by atoms with Crippen molar-refractivity contribution in [3.63, 3.8) is 0 Å². The Hall–Kier alpha value is -3.63. The fraction of sp³-hybridized carbons (Fsp3) is 0. The third-order valence-corrected chi connectivity index (χ3v) is 6.23. The standard InChI is InChI=1S/C20H17N5O3S2/c1-14-18(19(26)25(23-14)16-5-3-2-4-6-16)13-22-15-7-9-17(10-8-15)30(27,28)24-20-21-11-12-29-20/h2-13,23H,1H2,(H2,21,22,24,26)/p-1. The van der Waals surface area contributed by atoms with Crippen LogP contribution in [0.4, 0.5) is 10.8 Å². The van der Waals surface area contributed by atoms with Crippen LogP contribution in [-0.2, 0) is 10.0 Å². The molecule has 0 amide bonds. The number of rotatable bonds is 6. The predicted molar refractivity (Wildman–Crippen MR) is 118 cm³/mol. The molecule has 0 aliphatic heterocycles. The van der Waals surface area contributed by atoms with Gasteiger partial charge in [0.2, 0.25) is 10.0 Å². The summed E-state index contributed by atoms with van der Waals surface area (Å²) in [5.74, 6) is 0. The van der Waals surface area contributed by atoms with E-state index in [9.17, 15) is 13.2 Å². The molecule has 0 bridgehead atoms. The van der Waals surface area contributed by atoms with Crippen LogP contribution in [0.2, 0.25) is 0 Å². The van der Waals surface area contributed by atoms with Crippen LogP contribution in [0, 0.1) is 0 Å². The molecular formula is C20H16N5O3S2-. The van der Waals surface area contributed by atoms with Gasteiger partial charge in [-0.05, 0) is 41.8 Å². The maximum Gasteiger partial charge on any atom is 0.280 e. The lowest BCUT2D eigenvalue weighted by atomic mass is 10.3. The molecule has 0 spiro atoms. The van der Waals surface area contributed by atoms with Crippen molar-refractivity contribution in [2.45, 2.75) is 4.90 Å². The van der Waals surface area contributed by atoms with Gasteiger partial charge in [-0.1, -0.05) is 31.0 Å². The number of nitrogens with one attached hydrogen (secondary N) is 2. The topological polar surface area (TPSA) is 111 Å².